The highest BCUT2D eigenvalue weighted by Crippen LogP contribution is 2.24. The molecule has 0 saturated carbocycles. The predicted molar refractivity (Wildman–Crippen MR) is 65.5 cm³/mol. The molecule has 1 aromatic rings. The van der Waals surface area contributed by atoms with Crippen molar-refractivity contribution in [1.29, 1.82) is 0 Å². The lowest BCUT2D eigenvalue weighted by Gasteiger charge is -2.10. The highest BCUT2D eigenvalue weighted by Gasteiger charge is 2.09. The van der Waals surface area contributed by atoms with Crippen molar-refractivity contribution in [2.24, 2.45) is 0 Å². The van der Waals surface area contributed by atoms with Crippen LogP contribution >= 0.6 is 0 Å². The zero-order chi connectivity index (χ0) is 12.1. The number of hydrogen-bond donors (Lipinski definition) is 3. The van der Waals surface area contributed by atoms with Gasteiger partial charge in [0.05, 0.1) is 0 Å². The van der Waals surface area contributed by atoms with Gasteiger partial charge in [-0.25, -0.2) is 0 Å². The van der Waals surface area contributed by atoms with Crippen LogP contribution in [0.1, 0.15) is 37.3 Å². The minimum atomic E-state index is -1.25. The van der Waals surface area contributed by atoms with Gasteiger partial charge in [0.1, 0.15) is 5.75 Å². The minimum Gasteiger partial charge on any atom is -0.508 e. The van der Waals surface area contributed by atoms with Crippen LogP contribution in [0, 0.1) is 0 Å². The maximum atomic E-state index is 9.66. The van der Waals surface area contributed by atoms with Crippen LogP contribution in [0.3, 0.4) is 0 Å². The Hall–Kier alpha value is -0.995. The van der Waals surface area contributed by atoms with Crippen molar-refractivity contribution < 1.29 is 15.2 Å². The van der Waals surface area contributed by atoms with Gasteiger partial charge in [-0.1, -0.05) is 32.4 Å². The fraction of sp³-hybridized carbons (Fsp3) is 0.500. The first-order chi connectivity index (χ1) is 7.50. The SMILES string of the molecule is CC(C)c1ccc(O)c(CCCB(O)O)c1. The van der Waals surface area contributed by atoms with Gasteiger partial charge in [-0.15, -0.1) is 0 Å². The van der Waals surface area contributed by atoms with Crippen molar-refractivity contribution in [3.63, 3.8) is 0 Å². The number of aryl methyl sites for hydroxylation is 1. The lowest BCUT2D eigenvalue weighted by atomic mass is 9.83. The Morgan fingerprint density at radius 1 is 1.25 bits per heavy atom. The number of aromatic hydroxyl groups is 1. The summed E-state index contributed by atoms with van der Waals surface area (Å²) in [6, 6.07) is 5.62. The first kappa shape index (κ1) is 13.1. The fourth-order valence-corrected chi connectivity index (χ4v) is 1.64. The Bertz CT molecular complexity index is 337. The van der Waals surface area contributed by atoms with E-state index in [9.17, 15) is 5.11 Å². The highest BCUT2D eigenvalue weighted by atomic mass is 16.4. The molecule has 0 bridgehead atoms. The van der Waals surface area contributed by atoms with Gasteiger partial charge in [0.25, 0.3) is 0 Å². The maximum Gasteiger partial charge on any atom is 0.451 e. The van der Waals surface area contributed by atoms with Crippen LogP contribution in [0.15, 0.2) is 18.2 Å². The number of phenols is 1. The molecule has 3 N–H and O–H groups in total. The second kappa shape index (κ2) is 5.92. The molecule has 0 fully saturated rings. The van der Waals surface area contributed by atoms with E-state index in [1.54, 1.807) is 6.07 Å². The first-order valence-electron chi connectivity index (χ1n) is 5.68. The van der Waals surface area contributed by atoms with E-state index in [1.807, 2.05) is 12.1 Å². The molecule has 0 aromatic heterocycles. The molecule has 16 heavy (non-hydrogen) atoms. The predicted octanol–water partition coefficient (Wildman–Crippen LogP) is 1.92. The van der Waals surface area contributed by atoms with E-state index in [4.69, 9.17) is 10.0 Å². The molecule has 0 aliphatic carbocycles. The number of phenolic OH excluding ortho intramolecular Hbond substituents is 1. The Morgan fingerprint density at radius 3 is 2.50 bits per heavy atom. The fourth-order valence-electron chi connectivity index (χ4n) is 1.64. The second-order valence-electron chi connectivity index (χ2n) is 4.42. The lowest BCUT2D eigenvalue weighted by Crippen LogP contribution is -2.10. The summed E-state index contributed by atoms with van der Waals surface area (Å²) in [5.74, 6) is 0.722. The summed E-state index contributed by atoms with van der Waals surface area (Å²) < 4.78 is 0. The molecule has 1 aromatic carbocycles. The zero-order valence-electron chi connectivity index (χ0n) is 9.85. The van der Waals surface area contributed by atoms with Gasteiger partial charge in [-0.05, 0) is 35.9 Å². The summed E-state index contributed by atoms with van der Waals surface area (Å²) in [5, 5.41) is 27.1. The van der Waals surface area contributed by atoms with Gasteiger partial charge >= 0.3 is 7.12 Å². The third kappa shape index (κ3) is 3.87. The molecule has 3 nitrogen and oxygen atoms in total. The van der Waals surface area contributed by atoms with Crippen LogP contribution in [-0.2, 0) is 6.42 Å². The van der Waals surface area contributed by atoms with Crippen molar-refractivity contribution in [1.82, 2.24) is 0 Å². The summed E-state index contributed by atoms with van der Waals surface area (Å²) in [6.45, 7) is 4.21. The maximum absolute atomic E-state index is 9.66. The standard InChI is InChI=1S/C12H19BO3/c1-9(2)10-5-6-12(14)11(8-10)4-3-7-13(15)16/h5-6,8-9,14-16H,3-4,7H2,1-2H3. The van der Waals surface area contributed by atoms with Gasteiger partial charge in [0.15, 0.2) is 0 Å². The van der Waals surface area contributed by atoms with E-state index < -0.39 is 7.12 Å². The molecule has 0 radical (unpaired) electrons. The molecule has 0 heterocycles. The molecule has 0 saturated heterocycles. The quantitative estimate of drug-likeness (QED) is 0.667. The van der Waals surface area contributed by atoms with E-state index >= 15 is 0 Å². The topological polar surface area (TPSA) is 60.7 Å². The Labute approximate surface area is 96.9 Å². The largest absolute Gasteiger partial charge is 0.508 e. The van der Waals surface area contributed by atoms with Crippen molar-refractivity contribution in [2.75, 3.05) is 0 Å². The molecular weight excluding hydrogens is 203 g/mol. The summed E-state index contributed by atoms with van der Waals surface area (Å²) >= 11 is 0. The van der Waals surface area contributed by atoms with E-state index in [0.717, 1.165) is 5.56 Å². The average molecular weight is 222 g/mol. The number of hydrogen-bond acceptors (Lipinski definition) is 3. The van der Waals surface area contributed by atoms with Crippen molar-refractivity contribution >= 4 is 7.12 Å². The zero-order valence-corrected chi connectivity index (χ0v) is 9.85. The van der Waals surface area contributed by atoms with Crippen LogP contribution in [-0.4, -0.2) is 22.3 Å². The van der Waals surface area contributed by atoms with Crippen LogP contribution < -0.4 is 0 Å². The number of rotatable bonds is 5. The molecule has 0 atom stereocenters. The summed E-state index contributed by atoms with van der Waals surface area (Å²) in [7, 11) is -1.25. The lowest BCUT2D eigenvalue weighted by molar-refractivity contribution is 0.402. The van der Waals surface area contributed by atoms with E-state index in [0.29, 0.717) is 25.1 Å². The molecule has 88 valence electrons. The van der Waals surface area contributed by atoms with E-state index in [2.05, 4.69) is 13.8 Å². The molecule has 0 aliphatic heterocycles. The Balaban J connectivity index is 2.67. The molecule has 0 spiro atoms. The molecule has 0 amide bonds. The monoisotopic (exact) mass is 222 g/mol. The molecular formula is C12H19BO3. The van der Waals surface area contributed by atoms with Crippen molar-refractivity contribution in [3.8, 4) is 5.75 Å². The molecule has 0 aliphatic rings. The van der Waals surface area contributed by atoms with Crippen molar-refractivity contribution in [2.45, 2.75) is 38.9 Å². The van der Waals surface area contributed by atoms with Crippen LogP contribution in [0.4, 0.5) is 0 Å². The molecule has 1 rings (SSSR count). The number of benzene rings is 1. The van der Waals surface area contributed by atoms with E-state index in [-0.39, 0.29) is 5.75 Å². The highest BCUT2D eigenvalue weighted by molar-refractivity contribution is 6.40. The van der Waals surface area contributed by atoms with Crippen LogP contribution in [0.2, 0.25) is 6.32 Å². The first-order valence-corrected chi connectivity index (χ1v) is 5.68. The minimum absolute atomic E-state index is 0.289. The summed E-state index contributed by atoms with van der Waals surface area (Å²) in [5.41, 5.74) is 2.07. The third-order valence-corrected chi connectivity index (χ3v) is 2.68. The van der Waals surface area contributed by atoms with Crippen LogP contribution in [0.5, 0.6) is 5.75 Å². The average Bonchev–Trinajstić information content (AvgIpc) is 2.20. The summed E-state index contributed by atoms with van der Waals surface area (Å²) in [4.78, 5) is 0. The van der Waals surface area contributed by atoms with E-state index in [1.165, 1.54) is 5.56 Å². The van der Waals surface area contributed by atoms with Gasteiger partial charge in [-0.2, -0.15) is 0 Å². The van der Waals surface area contributed by atoms with Crippen LogP contribution in [0.25, 0.3) is 0 Å². The summed E-state index contributed by atoms with van der Waals surface area (Å²) in [6.07, 6.45) is 1.67. The second-order valence-corrected chi connectivity index (χ2v) is 4.42. The molecule has 0 unspecified atom stereocenters. The normalized spacial score (nSPS) is 10.8. The van der Waals surface area contributed by atoms with Crippen molar-refractivity contribution in [3.05, 3.63) is 29.3 Å². The van der Waals surface area contributed by atoms with Gasteiger partial charge in [0.2, 0.25) is 0 Å². The Morgan fingerprint density at radius 2 is 1.94 bits per heavy atom. The molecule has 4 heteroatoms. The Kier molecular flexibility index (Phi) is 4.84. The smallest absolute Gasteiger partial charge is 0.451 e. The van der Waals surface area contributed by atoms with Gasteiger partial charge in [-0.3, -0.25) is 0 Å². The third-order valence-electron chi connectivity index (χ3n) is 2.68. The van der Waals surface area contributed by atoms with Gasteiger partial charge < -0.3 is 15.2 Å². The van der Waals surface area contributed by atoms with Gasteiger partial charge in [0, 0.05) is 0 Å².